The standard InChI is InChI=1S/C11H15N5S/c1-7(2)16-6-9(5-12-16)13-11-14-10(15-17-11)8-3-4-8/h5-8H,3-4H2,1-2H3,(H,13,14,15). The predicted octanol–water partition coefficient (Wildman–Crippen LogP) is 2.94. The van der Waals surface area contributed by atoms with Gasteiger partial charge in [0.15, 0.2) is 0 Å². The molecule has 0 aliphatic heterocycles. The van der Waals surface area contributed by atoms with Gasteiger partial charge in [0.1, 0.15) is 5.82 Å². The molecule has 0 aromatic carbocycles. The molecule has 1 fully saturated rings. The van der Waals surface area contributed by atoms with Crippen LogP contribution in [0.5, 0.6) is 0 Å². The molecule has 0 amide bonds. The van der Waals surface area contributed by atoms with Crippen LogP contribution in [-0.4, -0.2) is 19.1 Å². The van der Waals surface area contributed by atoms with Crippen molar-refractivity contribution in [1.82, 2.24) is 19.1 Å². The zero-order valence-corrected chi connectivity index (χ0v) is 10.7. The number of nitrogens with zero attached hydrogens (tertiary/aromatic N) is 4. The van der Waals surface area contributed by atoms with E-state index in [4.69, 9.17) is 0 Å². The molecule has 90 valence electrons. The van der Waals surface area contributed by atoms with Gasteiger partial charge in [0.25, 0.3) is 0 Å². The van der Waals surface area contributed by atoms with Gasteiger partial charge >= 0.3 is 0 Å². The molecular weight excluding hydrogens is 234 g/mol. The summed E-state index contributed by atoms with van der Waals surface area (Å²) in [5, 5.41) is 8.38. The molecule has 0 saturated heterocycles. The fourth-order valence-electron chi connectivity index (χ4n) is 1.60. The fraction of sp³-hybridized carbons (Fsp3) is 0.545. The normalized spacial score (nSPS) is 15.5. The van der Waals surface area contributed by atoms with Gasteiger partial charge in [0.05, 0.1) is 11.9 Å². The van der Waals surface area contributed by atoms with E-state index in [1.54, 1.807) is 0 Å². The maximum atomic E-state index is 4.48. The lowest BCUT2D eigenvalue weighted by atomic mass is 10.4. The topological polar surface area (TPSA) is 55.6 Å². The molecule has 0 spiro atoms. The van der Waals surface area contributed by atoms with Gasteiger partial charge in [0.2, 0.25) is 5.13 Å². The summed E-state index contributed by atoms with van der Waals surface area (Å²) in [6.07, 6.45) is 6.28. The third-order valence-electron chi connectivity index (χ3n) is 2.77. The maximum Gasteiger partial charge on any atom is 0.207 e. The van der Waals surface area contributed by atoms with E-state index in [2.05, 4.69) is 33.6 Å². The average Bonchev–Trinajstić information content (AvgIpc) is 2.87. The maximum absolute atomic E-state index is 4.48. The third kappa shape index (κ3) is 2.31. The summed E-state index contributed by atoms with van der Waals surface area (Å²) in [5.74, 6) is 1.61. The fourth-order valence-corrected chi connectivity index (χ4v) is 2.27. The van der Waals surface area contributed by atoms with Crippen molar-refractivity contribution in [3.8, 4) is 0 Å². The number of anilines is 2. The second-order valence-electron chi connectivity index (χ2n) is 4.66. The summed E-state index contributed by atoms with van der Waals surface area (Å²) in [4.78, 5) is 4.48. The molecule has 0 atom stereocenters. The van der Waals surface area contributed by atoms with Crippen LogP contribution in [0.15, 0.2) is 12.4 Å². The monoisotopic (exact) mass is 249 g/mol. The van der Waals surface area contributed by atoms with Crippen molar-refractivity contribution >= 4 is 22.4 Å². The molecule has 6 heteroatoms. The van der Waals surface area contributed by atoms with E-state index >= 15 is 0 Å². The van der Waals surface area contributed by atoms with Crippen LogP contribution in [0.3, 0.4) is 0 Å². The van der Waals surface area contributed by atoms with Gasteiger partial charge in [-0.05, 0) is 26.7 Å². The summed E-state index contributed by atoms with van der Waals surface area (Å²) in [5.41, 5.74) is 0.970. The first-order chi connectivity index (χ1) is 8.22. The Labute approximate surface area is 104 Å². The molecule has 2 heterocycles. The first-order valence-electron chi connectivity index (χ1n) is 5.87. The van der Waals surface area contributed by atoms with E-state index in [1.165, 1.54) is 24.4 Å². The lowest BCUT2D eigenvalue weighted by Crippen LogP contribution is -1.99. The molecular formula is C11H15N5S. The number of aromatic nitrogens is 4. The molecule has 0 radical (unpaired) electrons. The highest BCUT2D eigenvalue weighted by molar-refractivity contribution is 7.09. The van der Waals surface area contributed by atoms with Crippen molar-refractivity contribution in [3.05, 3.63) is 18.2 Å². The second kappa shape index (κ2) is 4.10. The Balaban J connectivity index is 1.71. The zero-order chi connectivity index (χ0) is 11.8. The number of rotatable bonds is 4. The Hall–Kier alpha value is -1.43. The van der Waals surface area contributed by atoms with E-state index in [1.807, 2.05) is 17.1 Å². The third-order valence-corrected chi connectivity index (χ3v) is 3.41. The minimum Gasteiger partial charge on any atom is -0.328 e. The highest BCUT2D eigenvalue weighted by atomic mass is 32.1. The molecule has 3 rings (SSSR count). The van der Waals surface area contributed by atoms with Gasteiger partial charge in [-0.1, -0.05) is 0 Å². The van der Waals surface area contributed by atoms with Gasteiger partial charge in [-0.2, -0.15) is 9.47 Å². The smallest absolute Gasteiger partial charge is 0.207 e. The van der Waals surface area contributed by atoms with Crippen LogP contribution < -0.4 is 5.32 Å². The lowest BCUT2D eigenvalue weighted by molar-refractivity contribution is 0.532. The Bertz CT molecular complexity index is 473. The Morgan fingerprint density at radius 1 is 1.47 bits per heavy atom. The minimum absolute atomic E-state index is 0.377. The second-order valence-corrected chi connectivity index (χ2v) is 5.41. The van der Waals surface area contributed by atoms with Crippen LogP contribution in [-0.2, 0) is 0 Å². The van der Waals surface area contributed by atoms with Crippen molar-refractivity contribution in [3.63, 3.8) is 0 Å². The van der Waals surface area contributed by atoms with Crippen LogP contribution in [0.2, 0.25) is 0 Å². The van der Waals surface area contributed by atoms with Crippen LogP contribution in [0.4, 0.5) is 10.8 Å². The summed E-state index contributed by atoms with van der Waals surface area (Å²) in [6.45, 7) is 4.21. The number of hydrogen-bond donors (Lipinski definition) is 1. The quantitative estimate of drug-likeness (QED) is 0.905. The number of nitrogens with one attached hydrogen (secondary N) is 1. The zero-order valence-electron chi connectivity index (χ0n) is 9.92. The molecule has 1 aliphatic rings. The average molecular weight is 249 g/mol. The lowest BCUT2D eigenvalue weighted by Gasteiger charge is -2.02. The van der Waals surface area contributed by atoms with Gasteiger partial charge in [-0.25, -0.2) is 4.98 Å². The van der Waals surface area contributed by atoms with Crippen molar-refractivity contribution in [1.29, 1.82) is 0 Å². The first-order valence-corrected chi connectivity index (χ1v) is 6.64. The van der Waals surface area contributed by atoms with Gasteiger partial charge in [-0.15, -0.1) is 0 Å². The minimum atomic E-state index is 0.377. The SMILES string of the molecule is CC(C)n1cc(Nc2nc(C3CC3)ns2)cn1. The molecule has 2 aromatic rings. The highest BCUT2D eigenvalue weighted by Gasteiger charge is 2.27. The van der Waals surface area contributed by atoms with Crippen LogP contribution in [0, 0.1) is 0 Å². The molecule has 1 saturated carbocycles. The summed E-state index contributed by atoms with van der Waals surface area (Å²) < 4.78 is 6.28. The Morgan fingerprint density at radius 2 is 2.29 bits per heavy atom. The van der Waals surface area contributed by atoms with Gasteiger partial charge in [-0.3, -0.25) is 4.68 Å². The Morgan fingerprint density at radius 3 is 2.94 bits per heavy atom. The van der Waals surface area contributed by atoms with Crippen molar-refractivity contribution in [2.24, 2.45) is 0 Å². The van der Waals surface area contributed by atoms with E-state index in [0.717, 1.165) is 16.6 Å². The van der Waals surface area contributed by atoms with E-state index in [0.29, 0.717) is 12.0 Å². The summed E-state index contributed by atoms with van der Waals surface area (Å²) >= 11 is 1.42. The van der Waals surface area contributed by atoms with Crippen molar-refractivity contribution < 1.29 is 0 Å². The highest BCUT2D eigenvalue weighted by Crippen LogP contribution is 2.39. The van der Waals surface area contributed by atoms with E-state index in [9.17, 15) is 0 Å². The Kier molecular flexibility index (Phi) is 2.58. The van der Waals surface area contributed by atoms with Gasteiger partial charge in [0, 0.05) is 29.7 Å². The van der Waals surface area contributed by atoms with Crippen LogP contribution in [0.25, 0.3) is 0 Å². The van der Waals surface area contributed by atoms with E-state index in [-0.39, 0.29) is 0 Å². The predicted molar refractivity (Wildman–Crippen MR) is 67.8 cm³/mol. The summed E-state index contributed by atoms with van der Waals surface area (Å²) in [7, 11) is 0. The molecule has 5 nitrogen and oxygen atoms in total. The van der Waals surface area contributed by atoms with Crippen molar-refractivity contribution in [2.45, 2.75) is 38.6 Å². The van der Waals surface area contributed by atoms with Crippen molar-refractivity contribution in [2.75, 3.05) is 5.32 Å². The first kappa shape index (κ1) is 10.7. The number of hydrogen-bond acceptors (Lipinski definition) is 5. The summed E-state index contributed by atoms with van der Waals surface area (Å²) in [6, 6.07) is 0.377. The largest absolute Gasteiger partial charge is 0.328 e. The molecule has 0 unspecified atom stereocenters. The molecule has 1 aliphatic carbocycles. The van der Waals surface area contributed by atoms with Crippen LogP contribution in [0.1, 0.15) is 44.5 Å². The molecule has 0 bridgehead atoms. The van der Waals surface area contributed by atoms with Gasteiger partial charge < -0.3 is 5.32 Å². The van der Waals surface area contributed by atoms with Crippen LogP contribution >= 0.6 is 11.5 Å². The molecule has 17 heavy (non-hydrogen) atoms. The molecule has 2 aromatic heterocycles. The molecule has 1 N–H and O–H groups in total. The van der Waals surface area contributed by atoms with E-state index < -0.39 is 0 Å².